The van der Waals surface area contributed by atoms with Crippen LogP contribution in [0.4, 0.5) is 0 Å². The fourth-order valence-electron chi connectivity index (χ4n) is 3.66. The lowest BCUT2D eigenvalue weighted by molar-refractivity contribution is -0.124. The van der Waals surface area contributed by atoms with Gasteiger partial charge in [-0.15, -0.1) is 24.8 Å². The van der Waals surface area contributed by atoms with Gasteiger partial charge in [0, 0.05) is 24.5 Å². The maximum absolute atomic E-state index is 12.4. The van der Waals surface area contributed by atoms with Crippen molar-refractivity contribution in [3.8, 4) is 0 Å². The molecule has 0 radical (unpaired) electrons. The van der Waals surface area contributed by atoms with E-state index in [4.69, 9.17) is 5.73 Å². The Bertz CT molecular complexity index is 682. The number of carbonyl (C=O) groups is 1. The van der Waals surface area contributed by atoms with Gasteiger partial charge in [0.1, 0.15) is 0 Å². The minimum Gasteiger partial charge on any atom is -0.352 e. The third kappa shape index (κ3) is 5.30. The fraction of sp³-hybridized carbons (Fsp3) is 0.474. The molecule has 1 aromatic heterocycles. The van der Waals surface area contributed by atoms with Crippen LogP contribution in [0.3, 0.4) is 0 Å². The molecule has 1 fully saturated rings. The lowest BCUT2D eigenvalue weighted by Crippen LogP contribution is -2.38. The van der Waals surface area contributed by atoms with Gasteiger partial charge in [-0.05, 0) is 36.4 Å². The lowest BCUT2D eigenvalue weighted by Gasteiger charge is -2.35. The molecule has 1 aliphatic carbocycles. The zero-order chi connectivity index (χ0) is 16.1. The van der Waals surface area contributed by atoms with Crippen LogP contribution in [0, 0.1) is 5.41 Å². The van der Waals surface area contributed by atoms with Crippen molar-refractivity contribution in [3.05, 3.63) is 42.1 Å². The first kappa shape index (κ1) is 21.7. The predicted molar refractivity (Wildman–Crippen MR) is 107 cm³/mol. The standard InChI is InChI=1S/C19H25N3O.2ClH/c20-14-19(9-2-1-3-10-19)12-17(23)22-13-16-7-4-6-15-8-5-11-21-18(15)16;;/h4-8,11H,1-3,9-10,12-14,20H2,(H,22,23);2*1H. The van der Waals surface area contributed by atoms with Crippen LogP contribution in [0.2, 0.25) is 0 Å². The monoisotopic (exact) mass is 383 g/mol. The van der Waals surface area contributed by atoms with Crippen molar-refractivity contribution in [2.24, 2.45) is 11.1 Å². The first-order valence-corrected chi connectivity index (χ1v) is 8.52. The Hall–Kier alpha value is -1.36. The Morgan fingerprint density at radius 3 is 2.56 bits per heavy atom. The molecule has 1 aliphatic rings. The van der Waals surface area contributed by atoms with E-state index in [1.54, 1.807) is 6.20 Å². The summed E-state index contributed by atoms with van der Waals surface area (Å²) in [6.45, 7) is 1.13. The molecule has 0 saturated heterocycles. The number of aromatic nitrogens is 1. The normalized spacial score (nSPS) is 15.7. The highest BCUT2D eigenvalue weighted by atomic mass is 35.5. The quantitative estimate of drug-likeness (QED) is 0.819. The molecule has 1 saturated carbocycles. The topological polar surface area (TPSA) is 68.0 Å². The van der Waals surface area contributed by atoms with Gasteiger partial charge in [-0.25, -0.2) is 0 Å². The summed E-state index contributed by atoms with van der Waals surface area (Å²) in [4.78, 5) is 16.8. The maximum Gasteiger partial charge on any atom is 0.220 e. The van der Waals surface area contributed by atoms with E-state index in [0.717, 1.165) is 29.3 Å². The van der Waals surface area contributed by atoms with E-state index in [2.05, 4.69) is 10.3 Å². The molecule has 138 valence electrons. The highest BCUT2D eigenvalue weighted by molar-refractivity contribution is 5.85. The van der Waals surface area contributed by atoms with Crippen molar-refractivity contribution in [1.29, 1.82) is 0 Å². The number of nitrogens with zero attached hydrogens (tertiary/aromatic N) is 1. The summed E-state index contributed by atoms with van der Waals surface area (Å²) in [6, 6.07) is 10.0. The summed E-state index contributed by atoms with van der Waals surface area (Å²) >= 11 is 0. The van der Waals surface area contributed by atoms with Gasteiger partial charge in [0.2, 0.25) is 5.91 Å². The van der Waals surface area contributed by atoms with E-state index in [-0.39, 0.29) is 36.1 Å². The number of hydrogen-bond donors (Lipinski definition) is 2. The van der Waals surface area contributed by atoms with Crippen LogP contribution in [0.1, 0.15) is 44.1 Å². The number of benzene rings is 1. The van der Waals surface area contributed by atoms with Crippen LogP contribution in [-0.4, -0.2) is 17.4 Å². The van der Waals surface area contributed by atoms with E-state index >= 15 is 0 Å². The largest absolute Gasteiger partial charge is 0.352 e. The summed E-state index contributed by atoms with van der Waals surface area (Å²) in [6.07, 6.45) is 8.14. The van der Waals surface area contributed by atoms with Crippen LogP contribution < -0.4 is 11.1 Å². The second kappa shape index (κ2) is 9.95. The Labute approximate surface area is 161 Å². The minimum absolute atomic E-state index is 0. The average Bonchev–Trinajstić information content (AvgIpc) is 2.60. The molecule has 1 aromatic carbocycles. The number of rotatable bonds is 5. The molecule has 0 aliphatic heterocycles. The molecular formula is C19H27Cl2N3O. The number of amides is 1. The van der Waals surface area contributed by atoms with E-state index in [1.165, 1.54) is 19.3 Å². The molecule has 0 unspecified atom stereocenters. The van der Waals surface area contributed by atoms with Crippen molar-refractivity contribution < 1.29 is 4.79 Å². The SMILES string of the molecule is Cl.Cl.NCC1(CC(=O)NCc2cccc3cccnc23)CCCCC1. The summed E-state index contributed by atoms with van der Waals surface area (Å²) in [5, 5.41) is 4.16. The highest BCUT2D eigenvalue weighted by Gasteiger charge is 2.32. The second-order valence-electron chi connectivity index (χ2n) is 6.71. The third-order valence-electron chi connectivity index (χ3n) is 5.08. The molecule has 0 atom stereocenters. The molecule has 3 N–H and O–H groups in total. The summed E-state index contributed by atoms with van der Waals surface area (Å²) in [5.74, 6) is 0.102. The molecule has 0 spiro atoms. The smallest absolute Gasteiger partial charge is 0.220 e. The Balaban J connectivity index is 0.00000156. The molecule has 3 rings (SSSR count). The first-order valence-electron chi connectivity index (χ1n) is 8.52. The number of nitrogens with one attached hydrogen (secondary N) is 1. The first-order chi connectivity index (χ1) is 11.2. The van der Waals surface area contributed by atoms with Gasteiger partial charge in [0.25, 0.3) is 0 Å². The van der Waals surface area contributed by atoms with Gasteiger partial charge in [-0.3, -0.25) is 9.78 Å². The van der Waals surface area contributed by atoms with Gasteiger partial charge in [-0.1, -0.05) is 43.5 Å². The molecule has 0 bridgehead atoms. The second-order valence-corrected chi connectivity index (χ2v) is 6.71. The summed E-state index contributed by atoms with van der Waals surface area (Å²) < 4.78 is 0. The number of para-hydroxylation sites is 1. The van der Waals surface area contributed by atoms with Crippen LogP contribution in [0.5, 0.6) is 0 Å². The van der Waals surface area contributed by atoms with Crippen molar-refractivity contribution >= 4 is 41.6 Å². The van der Waals surface area contributed by atoms with Gasteiger partial charge < -0.3 is 11.1 Å². The number of hydrogen-bond acceptors (Lipinski definition) is 3. The van der Waals surface area contributed by atoms with Crippen LogP contribution >= 0.6 is 24.8 Å². The number of nitrogens with two attached hydrogens (primary N) is 1. The fourth-order valence-corrected chi connectivity index (χ4v) is 3.66. The highest BCUT2D eigenvalue weighted by Crippen LogP contribution is 2.38. The number of halogens is 2. The van der Waals surface area contributed by atoms with E-state index in [9.17, 15) is 4.79 Å². The number of pyridine rings is 1. The molecular weight excluding hydrogens is 357 g/mol. The average molecular weight is 384 g/mol. The zero-order valence-corrected chi connectivity index (χ0v) is 16.0. The Morgan fingerprint density at radius 2 is 1.84 bits per heavy atom. The van der Waals surface area contributed by atoms with Crippen LogP contribution in [-0.2, 0) is 11.3 Å². The summed E-state index contributed by atoms with van der Waals surface area (Å²) in [5.41, 5.74) is 8.01. The Kier molecular flexibility index (Phi) is 8.63. The molecule has 1 heterocycles. The van der Waals surface area contributed by atoms with Crippen molar-refractivity contribution in [2.75, 3.05) is 6.54 Å². The van der Waals surface area contributed by atoms with Gasteiger partial charge in [-0.2, -0.15) is 0 Å². The van der Waals surface area contributed by atoms with Crippen molar-refractivity contribution in [3.63, 3.8) is 0 Å². The lowest BCUT2D eigenvalue weighted by atomic mass is 9.71. The number of fused-ring (bicyclic) bond motifs is 1. The van der Waals surface area contributed by atoms with Crippen molar-refractivity contribution in [1.82, 2.24) is 10.3 Å². The van der Waals surface area contributed by atoms with Gasteiger partial charge >= 0.3 is 0 Å². The van der Waals surface area contributed by atoms with E-state index in [0.29, 0.717) is 19.5 Å². The number of carbonyl (C=O) groups excluding carboxylic acids is 1. The zero-order valence-electron chi connectivity index (χ0n) is 14.4. The van der Waals surface area contributed by atoms with Crippen LogP contribution in [0.15, 0.2) is 36.5 Å². The maximum atomic E-state index is 12.4. The molecule has 6 heteroatoms. The van der Waals surface area contributed by atoms with Gasteiger partial charge in [0.05, 0.1) is 5.52 Å². The predicted octanol–water partition coefficient (Wildman–Crippen LogP) is 3.99. The molecule has 25 heavy (non-hydrogen) atoms. The molecule has 1 amide bonds. The molecule has 2 aromatic rings. The minimum atomic E-state index is 0. The van der Waals surface area contributed by atoms with E-state index in [1.807, 2.05) is 30.3 Å². The summed E-state index contributed by atoms with van der Waals surface area (Å²) in [7, 11) is 0. The molecule has 4 nitrogen and oxygen atoms in total. The third-order valence-corrected chi connectivity index (χ3v) is 5.08. The van der Waals surface area contributed by atoms with Crippen LogP contribution in [0.25, 0.3) is 10.9 Å². The van der Waals surface area contributed by atoms with E-state index < -0.39 is 0 Å². The Morgan fingerprint density at radius 1 is 1.12 bits per heavy atom. The van der Waals surface area contributed by atoms with Crippen molar-refractivity contribution in [2.45, 2.75) is 45.1 Å². The van der Waals surface area contributed by atoms with Gasteiger partial charge in [0.15, 0.2) is 0 Å².